The third-order valence-electron chi connectivity index (χ3n) is 5.59. The number of nitrogens with one attached hydrogen (secondary N) is 1. The molecule has 0 aliphatic heterocycles. The topological polar surface area (TPSA) is 86.8 Å². The Bertz CT molecular complexity index is 1190. The van der Waals surface area contributed by atoms with E-state index in [0.717, 1.165) is 34.5 Å². The van der Waals surface area contributed by atoms with Crippen LogP contribution in [0.1, 0.15) is 44.2 Å². The van der Waals surface area contributed by atoms with Gasteiger partial charge in [-0.1, -0.05) is 84.9 Å². The van der Waals surface area contributed by atoms with Gasteiger partial charge in [0.1, 0.15) is 12.6 Å². The van der Waals surface area contributed by atoms with Gasteiger partial charge in [0.2, 0.25) is 21.8 Å². The number of benzene rings is 2. The molecular weight excluding hydrogens is 545 g/mol. The number of rotatable bonds is 12. The number of halogens is 3. The van der Waals surface area contributed by atoms with E-state index >= 15 is 0 Å². The quantitative estimate of drug-likeness (QED) is 0.269. The molecule has 0 spiro atoms. The van der Waals surface area contributed by atoms with Gasteiger partial charge in [0, 0.05) is 13.1 Å². The molecule has 11 heteroatoms. The van der Waals surface area contributed by atoms with E-state index in [1.807, 2.05) is 45.0 Å². The molecule has 0 bridgehead atoms. The maximum Gasteiger partial charge on any atom is 0.244 e. The molecule has 0 radical (unpaired) electrons. The van der Waals surface area contributed by atoms with Crippen molar-refractivity contribution in [1.29, 1.82) is 0 Å². The number of nitrogens with zero attached hydrogens (tertiary/aromatic N) is 2. The molecular formula is C25H32Cl3N3O4S. The van der Waals surface area contributed by atoms with E-state index in [-0.39, 0.29) is 33.2 Å². The summed E-state index contributed by atoms with van der Waals surface area (Å²) in [7, 11) is -3.95. The van der Waals surface area contributed by atoms with Crippen LogP contribution >= 0.6 is 34.8 Å². The Morgan fingerprint density at radius 1 is 1.03 bits per heavy atom. The first-order chi connectivity index (χ1) is 16.9. The lowest BCUT2D eigenvalue weighted by Crippen LogP contribution is -2.52. The second kappa shape index (κ2) is 13.5. The lowest BCUT2D eigenvalue weighted by molar-refractivity contribution is -0.140. The summed E-state index contributed by atoms with van der Waals surface area (Å²) in [6.07, 6.45) is 3.04. The minimum atomic E-state index is -3.95. The van der Waals surface area contributed by atoms with Crippen LogP contribution in [0.25, 0.3) is 0 Å². The number of sulfonamides is 1. The fourth-order valence-corrected chi connectivity index (χ4v) is 5.28. The molecule has 198 valence electrons. The fraction of sp³-hybridized carbons (Fsp3) is 0.440. The zero-order valence-corrected chi connectivity index (χ0v) is 23.9. The zero-order chi connectivity index (χ0) is 27.0. The summed E-state index contributed by atoms with van der Waals surface area (Å²) in [5.74, 6) is -0.841. The van der Waals surface area contributed by atoms with E-state index in [0.29, 0.717) is 13.0 Å². The van der Waals surface area contributed by atoms with E-state index < -0.39 is 28.5 Å². The minimum Gasteiger partial charge on any atom is -0.354 e. The Hall–Kier alpha value is -2.00. The van der Waals surface area contributed by atoms with Gasteiger partial charge in [-0.15, -0.1) is 0 Å². The molecule has 2 rings (SSSR count). The van der Waals surface area contributed by atoms with E-state index in [2.05, 4.69) is 5.32 Å². The van der Waals surface area contributed by atoms with Gasteiger partial charge in [-0.2, -0.15) is 0 Å². The molecule has 0 fully saturated rings. The summed E-state index contributed by atoms with van der Waals surface area (Å²) in [5, 5.41) is 3.16. The number of amides is 2. The van der Waals surface area contributed by atoms with E-state index in [4.69, 9.17) is 34.8 Å². The smallest absolute Gasteiger partial charge is 0.244 e. The van der Waals surface area contributed by atoms with Gasteiger partial charge in [-0.25, -0.2) is 8.42 Å². The minimum absolute atomic E-state index is 0.0252. The molecule has 1 N–H and O–H groups in total. The molecule has 36 heavy (non-hydrogen) atoms. The Labute approximate surface area is 228 Å². The Balaban J connectivity index is 2.47. The van der Waals surface area contributed by atoms with Crippen molar-refractivity contribution >= 4 is 62.3 Å². The zero-order valence-electron chi connectivity index (χ0n) is 20.9. The number of carbonyl (C=O) groups excluding carboxylic acids is 2. The first-order valence-corrected chi connectivity index (χ1v) is 14.6. The molecule has 1 atom stereocenters. The number of carbonyl (C=O) groups is 2. The normalized spacial score (nSPS) is 12.2. The van der Waals surface area contributed by atoms with Crippen LogP contribution in [-0.4, -0.2) is 50.5 Å². The average molecular weight is 577 g/mol. The third-order valence-corrected chi connectivity index (χ3v) is 7.74. The SMILES string of the molecule is CCCCNC(=O)[C@H](CC)N(Cc1cccc(C)c1)C(=O)CN(c1cc(Cl)c(Cl)cc1Cl)S(C)(=O)=O. The third kappa shape index (κ3) is 8.26. The summed E-state index contributed by atoms with van der Waals surface area (Å²) < 4.78 is 26.3. The number of hydrogen-bond donors (Lipinski definition) is 1. The van der Waals surface area contributed by atoms with Crippen LogP contribution < -0.4 is 9.62 Å². The van der Waals surface area contributed by atoms with Crippen molar-refractivity contribution in [3.05, 3.63) is 62.6 Å². The van der Waals surface area contributed by atoms with Crippen LogP contribution in [0.3, 0.4) is 0 Å². The van der Waals surface area contributed by atoms with Crippen LogP contribution in [0.4, 0.5) is 5.69 Å². The first-order valence-electron chi connectivity index (χ1n) is 11.6. The molecule has 2 aromatic rings. The van der Waals surface area contributed by atoms with Crippen molar-refractivity contribution in [1.82, 2.24) is 10.2 Å². The van der Waals surface area contributed by atoms with Gasteiger partial charge in [0.15, 0.2) is 0 Å². The summed E-state index contributed by atoms with van der Waals surface area (Å²) in [5.41, 5.74) is 1.85. The molecule has 0 aliphatic carbocycles. The van der Waals surface area contributed by atoms with Crippen LogP contribution in [-0.2, 0) is 26.2 Å². The van der Waals surface area contributed by atoms with Crippen molar-refractivity contribution in [3.8, 4) is 0 Å². The predicted octanol–water partition coefficient (Wildman–Crippen LogP) is 5.44. The molecule has 0 saturated heterocycles. The number of hydrogen-bond acceptors (Lipinski definition) is 4. The molecule has 7 nitrogen and oxygen atoms in total. The van der Waals surface area contributed by atoms with Crippen molar-refractivity contribution in [2.45, 2.75) is 52.6 Å². The maximum atomic E-state index is 13.7. The summed E-state index contributed by atoms with van der Waals surface area (Å²) in [4.78, 5) is 28.2. The molecule has 2 amide bonds. The second-order valence-electron chi connectivity index (χ2n) is 8.57. The monoisotopic (exact) mass is 575 g/mol. The lowest BCUT2D eigenvalue weighted by Gasteiger charge is -2.33. The number of aryl methyl sites for hydroxylation is 1. The van der Waals surface area contributed by atoms with Gasteiger partial charge in [-0.3, -0.25) is 13.9 Å². The van der Waals surface area contributed by atoms with E-state index in [9.17, 15) is 18.0 Å². The summed E-state index contributed by atoms with van der Waals surface area (Å²) in [6.45, 7) is 5.82. The first kappa shape index (κ1) is 30.2. The van der Waals surface area contributed by atoms with Crippen molar-refractivity contribution in [2.24, 2.45) is 0 Å². The van der Waals surface area contributed by atoms with E-state index in [1.165, 1.54) is 17.0 Å². The highest BCUT2D eigenvalue weighted by Gasteiger charge is 2.32. The van der Waals surface area contributed by atoms with Crippen molar-refractivity contribution in [3.63, 3.8) is 0 Å². The number of unbranched alkanes of at least 4 members (excludes halogenated alkanes) is 1. The predicted molar refractivity (Wildman–Crippen MR) is 147 cm³/mol. The number of anilines is 1. The molecule has 2 aromatic carbocycles. The highest BCUT2D eigenvalue weighted by molar-refractivity contribution is 7.92. The molecule has 0 saturated carbocycles. The molecule has 0 unspecified atom stereocenters. The van der Waals surface area contributed by atoms with Crippen LogP contribution in [0.15, 0.2) is 36.4 Å². The van der Waals surface area contributed by atoms with Gasteiger partial charge in [-0.05, 0) is 37.5 Å². The largest absolute Gasteiger partial charge is 0.354 e. The highest BCUT2D eigenvalue weighted by Crippen LogP contribution is 2.35. The van der Waals surface area contributed by atoms with Crippen LogP contribution in [0, 0.1) is 6.92 Å². The Morgan fingerprint density at radius 2 is 1.69 bits per heavy atom. The highest BCUT2D eigenvalue weighted by atomic mass is 35.5. The summed E-state index contributed by atoms with van der Waals surface area (Å²) in [6, 6.07) is 9.42. The molecule has 0 heterocycles. The fourth-order valence-electron chi connectivity index (χ4n) is 3.73. The Morgan fingerprint density at radius 3 is 2.28 bits per heavy atom. The maximum absolute atomic E-state index is 13.7. The lowest BCUT2D eigenvalue weighted by atomic mass is 10.1. The second-order valence-corrected chi connectivity index (χ2v) is 11.7. The van der Waals surface area contributed by atoms with Gasteiger partial charge in [0.25, 0.3) is 0 Å². The van der Waals surface area contributed by atoms with Gasteiger partial charge < -0.3 is 10.2 Å². The summed E-state index contributed by atoms with van der Waals surface area (Å²) >= 11 is 18.4. The standard InChI is InChI=1S/C25H32Cl3N3O4S/c1-5-7-11-29-25(33)22(6-2)30(15-18-10-8-9-17(3)12-18)24(32)16-31(36(4,34)35)23-14-20(27)19(26)13-21(23)28/h8-10,12-14,22H,5-7,11,15-16H2,1-4H3,(H,29,33)/t22-/m0/s1. The molecule has 0 aliphatic rings. The average Bonchev–Trinajstić information content (AvgIpc) is 2.79. The van der Waals surface area contributed by atoms with Gasteiger partial charge >= 0.3 is 0 Å². The van der Waals surface area contributed by atoms with Gasteiger partial charge in [0.05, 0.1) is 27.0 Å². The van der Waals surface area contributed by atoms with Crippen molar-refractivity contribution in [2.75, 3.05) is 23.7 Å². The van der Waals surface area contributed by atoms with Crippen LogP contribution in [0.5, 0.6) is 0 Å². The van der Waals surface area contributed by atoms with Crippen molar-refractivity contribution < 1.29 is 18.0 Å². The molecule has 0 aromatic heterocycles. The van der Waals surface area contributed by atoms with E-state index in [1.54, 1.807) is 0 Å². The Kier molecular flexibility index (Phi) is 11.3. The van der Waals surface area contributed by atoms with Crippen LogP contribution in [0.2, 0.25) is 15.1 Å².